The number of ether oxygens (including phenoxy) is 3. The predicted molar refractivity (Wildman–Crippen MR) is 144 cm³/mol. The summed E-state index contributed by atoms with van der Waals surface area (Å²) in [5.74, 6) is 2.22. The normalized spacial score (nSPS) is 19.4. The molecule has 0 aromatic carbocycles. The molecule has 0 spiro atoms. The smallest absolute Gasteiger partial charge is 0.226 e. The summed E-state index contributed by atoms with van der Waals surface area (Å²) < 4.78 is 20.2. The Hall–Kier alpha value is -2.65. The van der Waals surface area contributed by atoms with Gasteiger partial charge in [0, 0.05) is 25.1 Å². The highest BCUT2D eigenvalue weighted by Gasteiger charge is 2.29. The molecule has 5 rings (SSSR count). The van der Waals surface area contributed by atoms with Gasteiger partial charge in [0.05, 0.1) is 25.5 Å². The molecule has 1 unspecified atom stereocenters. The molecule has 9 nitrogen and oxygen atoms in total. The molecule has 3 aliphatic rings. The molecule has 2 aromatic rings. The number of fused-ring (bicyclic) bond motifs is 1. The van der Waals surface area contributed by atoms with E-state index in [-0.39, 0.29) is 5.91 Å². The molecule has 1 saturated heterocycles. The second-order valence-electron chi connectivity index (χ2n) is 11.9. The van der Waals surface area contributed by atoms with E-state index in [4.69, 9.17) is 14.2 Å². The number of carbonyl (C=O) groups excluding carboxylic acids is 1. The van der Waals surface area contributed by atoms with E-state index in [0.29, 0.717) is 31.6 Å². The van der Waals surface area contributed by atoms with Crippen molar-refractivity contribution in [1.82, 2.24) is 24.8 Å². The van der Waals surface area contributed by atoms with E-state index in [2.05, 4.69) is 20.4 Å². The third kappa shape index (κ3) is 6.67. The molecule has 2 aliphatic carbocycles. The first kappa shape index (κ1) is 26.9. The van der Waals surface area contributed by atoms with Crippen molar-refractivity contribution in [2.45, 2.75) is 78.4 Å². The van der Waals surface area contributed by atoms with Crippen LogP contribution in [0.1, 0.15) is 83.3 Å². The lowest BCUT2D eigenvalue weighted by Gasteiger charge is -2.30. The van der Waals surface area contributed by atoms with E-state index in [1.807, 2.05) is 43.4 Å². The van der Waals surface area contributed by atoms with Gasteiger partial charge in [-0.25, -0.2) is 0 Å². The largest absolute Gasteiger partial charge is 0.473 e. The standard InChI is InChI=1S/C29H43N5O4/c1-29(2,3)28(35)30-24(20-37-18-21-8-5-4-6-9-21)26-32-31-25-11-7-10-23(34(25)26)19-38-27(22-12-13-22)33-14-16-36-17-15-33/h7,10-11,21,24H,4-6,8-9,12-20H2,1-3H3,(H,30,35). The van der Waals surface area contributed by atoms with Crippen LogP contribution in [0.15, 0.2) is 29.7 Å². The number of hydrogen-bond donors (Lipinski definition) is 1. The molecule has 1 N–H and O–H groups in total. The molecule has 3 fully saturated rings. The monoisotopic (exact) mass is 525 g/mol. The number of amides is 1. The minimum absolute atomic E-state index is 0.0395. The summed E-state index contributed by atoms with van der Waals surface area (Å²) in [5, 5.41) is 12.2. The highest BCUT2D eigenvalue weighted by molar-refractivity contribution is 5.81. The molecule has 38 heavy (non-hydrogen) atoms. The number of carbonyl (C=O) groups is 1. The van der Waals surface area contributed by atoms with Crippen LogP contribution in [0.3, 0.4) is 0 Å². The highest BCUT2D eigenvalue weighted by atomic mass is 16.5. The first-order chi connectivity index (χ1) is 18.4. The van der Waals surface area contributed by atoms with E-state index in [0.717, 1.165) is 56.4 Å². The Morgan fingerprint density at radius 2 is 1.89 bits per heavy atom. The van der Waals surface area contributed by atoms with E-state index in [1.165, 1.54) is 37.7 Å². The summed E-state index contributed by atoms with van der Waals surface area (Å²) in [6.07, 6.45) is 8.49. The van der Waals surface area contributed by atoms with Crippen LogP contribution >= 0.6 is 0 Å². The van der Waals surface area contributed by atoms with Crippen molar-refractivity contribution < 1.29 is 19.0 Å². The average Bonchev–Trinajstić information content (AvgIpc) is 3.66. The zero-order valence-electron chi connectivity index (χ0n) is 23.2. The van der Waals surface area contributed by atoms with Crippen molar-refractivity contribution in [3.05, 3.63) is 41.2 Å². The van der Waals surface area contributed by atoms with Gasteiger partial charge in [0.2, 0.25) is 5.91 Å². The third-order valence-corrected chi connectivity index (χ3v) is 7.65. The number of nitrogens with one attached hydrogen (secondary N) is 1. The zero-order valence-corrected chi connectivity index (χ0v) is 23.2. The molecular formula is C29H43N5O4. The molecule has 0 bridgehead atoms. The van der Waals surface area contributed by atoms with Crippen LogP contribution in [-0.2, 0) is 25.6 Å². The molecule has 0 radical (unpaired) electrons. The average molecular weight is 526 g/mol. The topological polar surface area (TPSA) is 90.2 Å². The molecule has 2 aromatic heterocycles. The van der Waals surface area contributed by atoms with Crippen molar-refractivity contribution in [1.29, 1.82) is 0 Å². The lowest BCUT2D eigenvalue weighted by atomic mass is 9.90. The quantitative estimate of drug-likeness (QED) is 0.460. The number of pyridine rings is 1. The van der Waals surface area contributed by atoms with Gasteiger partial charge >= 0.3 is 0 Å². The van der Waals surface area contributed by atoms with Crippen LogP contribution < -0.4 is 5.32 Å². The first-order valence-electron chi connectivity index (χ1n) is 14.3. The molecule has 9 heteroatoms. The number of allylic oxidation sites excluding steroid dienone is 1. The maximum atomic E-state index is 13.1. The fourth-order valence-corrected chi connectivity index (χ4v) is 5.23. The van der Waals surface area contributed by atoms with Crippen molar-refractivity contribution >= 4 is 11.6 Å². The Labute approximate surface area is 225 Å². The van der Waals surface area contributed by atoms with Gasteiger partial charge in [-0.2, -0.15) is 0 Å². The molecule has 1 amide bonds. The molecule has 208 valence electrons. The van der Waals surface area contributed by atoms with Crippen LogP contribution in [0.2, 0.25) is 0 Å². The summed E-state index contributed by atoms with van der Waals surface area (Å²) >= 11 is 0. The highest BCUT2D eigenvalue weighted by Crippen LogP contribution is 2.34. The molecule has 3 heterocycles. The van der Waals surface area contributed by atoms with Gasteiger partial charge in [-0.05, 0) is 49.3 Å². The number of morpholine rings is 1. The summed E-state index contributed by atoms with van der Waals surface area (Å²) in [4.78, 5) is 15.4. The van der Waals surface area contributed by atoms with Crippen LogP contribution in [0.4, 0.5) is 0 Å². The van der Waals surface area contributed by atoms with Crippen molar-refractivity contribution in [3.63, 3.8) is 0 Å². The second kappa shape index (κ2) is 12.0. The van der Waals surface area contributed by atoms with Crippen LogP contribution in [-0.4, -0.2) is 64.9 Å². The summed E-state index contributed by atoms with van der Waals surface area (Å²) in [5.41, 5.74) is 2.51. The Bertz CT molecular complexity index is 1120. The fraction of sp³-hybridized carbons (Fsp3) is 0.690. The minimum Gasteiger partial charge on any atom is -0.473 e. The van der Waals surface area contributed by atoms with Gasteiger partial charge in [0.15, 0.2) is 17.4 Å². The Morgan fingerprint density at radius 1 is 1.13 bits per heavy atom. The third-order valence-electron chi connectivity index (χ3n) is 7.65. The number of rotatable bonds is 10. The molecular weight excluding hydrogens is 482 g/mol. The fourth-order valence-electron chi connectivity index (χ4n) is 5.23. The number of nitrogens with zero attached hydrogens (tertiary/aromatic N) is 4. The number of aromatic nitrogens is 3. The van der Waals surface area contributed by atoms with E-state index < -0.39 is 11.5 Å². The lowest BCUT2D eigenvalue weighted by molar-refractivity contribution is -0.130. The van der Waals surface area contributed by atoms with Gasteiger partial charge in [0.1, 0.15) is 12.6 Å². The van der Waals surface area contributed by atoms with Crippen molar-refractivity contribution in [3.8, 4) is 0 Å². The van der Waals surface area contributed by atoms with E-state index in [1.54, 1.807) is 0 Å². The first-order valence-corrected chi connectivity index (χ1v) is 14.3. The zero-order chi connectivity index (χ0) is 26.5. The van der Waals surface area contributed by atoms with E-state index in [9.17, 15) is 4.79 Å². The van der Waals surface area contributed by atoms with Gasteiger partial charge in [-0.15, -0.1) is 10.2 Å². The van der Waals surface area contributed by atoms with Crippen LogP contribution in [0.25, 0.3) is 5.65 Å². The van der Waals surface area contributed by atoms with Gasteiger partial charge in [-0.3, -0.25) is 9.20 Å². The maximum Gasteiger partial charge on any atom is 0.226 e. The van der Waals surface area contributed by atoms with Crippen LogP contribution in [0.5, 0.6) is 0 Å². The van der Waals surface area contributed by atoms with Gasteiger partial charge in [0.25, 0.3) is 0 Å². The SMILES string of the molecule is CC(C)(C)C(=O)NC(COCC1CCCCC1)c1nnc2cccc(COC(=C3CC3)N3CCOCC3)n12. The summed E-state index contributed by atoms with van der Waals surface area (Å²) in [6.45, 7) is 10.4. The van der Waals surface area contributed by atoms with Crippen molar-refractivity contribution in [2.24, 2.45) is 11.3 Å². The maximum absolute atomic E-state index is 13.1. The Kier molecular flexibility index (Phi) is 8.53. The Balaban J connectivity index is 1.36. The summed E-state index contributed by atoms with van der Waals surface area (Å²) in [6, 6.07) is 5.54. The van der Waals surface area contributed by atoms with Crippen LogP contribution in [0, 0.1) is 11.3 Å². The molecule has 2 saturated carbocycles. The summed E-state index contributed by atoms with van der Waals surface area (Å²) in [7, 11) is 0. The van der Waals surface area contributed by atoms with Crippen molar-refractivity contribution in [2.75, 3.05) is 39.5 Å². The van der Waals surface area contributed by atoms with E-state index >= 15 is 0 Å². The molecule has 1 atom stereocenters. The van der Waals surface area contributed by atoms with Gasteiger partial charge < -0.3 is 24.4 Å². The lowest BCUT2D eigenvalue weighted by Crippen LogP contribution is -2.40. The number of hydrogen-bond acceptors (Lipinski definition) is 7. The minimum atomic E-state index is -0.530. The molecule has 1 aliphatic heterocycles. The predicted octanol–water partition coefficient (Wildman–Crippen LogP) is 4.38. The second-order valence-corrected chi connectivity index (χ2v) is 11.9. The Morgan fingerprint density at radius 3 is 2.61 bits per heavy atom. The van der Waals surface area contributed by atoms with Gasteiger partial charge in [-0.1, -0.05) is 46.1 Å².